The van der Waals surface area contributed by atoms with Crippen molar-refractivity contribution >= 4 is 33.8 Å². The molecule has 0 aliphatic heterocycles. The standard InChI is InChI=1S/C15H14ClNOS/c1-10-7-11-8-12(18-2)3-5-14(11)17(10)9-13-4-6-15(16)19-13/h3-8H,9H2,1-2H3. The molecule has 19 heavy (non-hydrogen) atoms. The highest BCUT2D eigenvalue weighted by molar-refractivity contribution is 7.16. The fourth-order valence-electron chi connectivity index (χ4n) is 2.32. The van der Waals surface area contributed by atoms with Crippen LogP contribution in [0.25, 0.3) is 10.9 Å². The van der Waals surface area contributed by atoms with Gasteiger partial charge in [0, 0.05) is 21.5 Å². The SMILES string of the molecule is COc1ccc2c(c1)cc(C)n2Cc1ccc(Cl)s1. The number of methoxy groups -OCH3 is 1. The van der Waals surface area contributed by atoms with Gasteiger partial charge in [0.05, 0.1) is 18.0 Å². The van der Waals surface area contributed by atoms with Gasteiger partial charge in [0.15, 0.2) is 0 Å². The van der Waals surface area contributed by atoms with Crippen LogP contribution >= 0.6 is 22.9 Å². The number of aryl methyl sites for hydroxylation is 1. The number of fused-ring (bicyclic) bond motifs is 1. The molecule has 0 unspecified atom stereocenters. The number of nitrogens with zero attached hydrogens (tertiary/aromatic N) is 1. The van der Waals surface area contributed by atoms with Crippen LogP contribution in [0.3, 0.4) is 0 Å². The molecule has 1 aromatic carbocycles. The second-order valence-corrected chi connectivity index (χ2v) is 6.30. The summed E-state index contributed by atoms with van der Waals surface area (Å²) in [5, 5.41) is 1.21. The third-order valence-corrected chi connectivity index (χ3v) is 4.47. The summed E-state index contributed by atoms with van der Waals surface area (Å²) in [5.41, 5.74) is 2.47. The maximum absolute atomic E-state index is 5.99. The Bertz CT molecular complexity index is 729. The van der Waals surface area contributed by atoms with E-state index in [1.807, 2.05) is 12.1 Å². The molecular formula is C15H14ClNOS. The van der Waals surface area contributed by atoms with Crippen LogP contribution in [0, 0.1) is 6.92 Å². The molecular weight excluding hydrogens is 278 g/mol. The Hall–Kier alpha value is -1.45. The Kier molecular flexibility index (Phi) is 3.25. The van der Waals surface area contributed by atoms with E-state index in [1.165, 1.54) is 21.5 Å². The highest BCUT2D eigenvalue weighted by Crippen LogP contribution is 2.27. The number of halogens is 1. The average Bonchev–Trinajstić information content (AvgIpc) is 2.94. The zero-order valence-corrected chi connectivity index (χ0v) is 12.4. The summed E-state index contributed by atoms with van der Waals surface area (Å²) in [6.07, 6.45) is 0. The summed E-state index contributed by atoms with van der Waals surface area (Å²) in [6.45, 7) is 2.99. The molecule has 0 amide bonds. The van der Waals surface area contributed by atoms with Crippen LogP contribution in [0.15, 0.2) is 36.4 Å². The number of thiophene rings is 1. The first-order valence-corrected chi connectivity index (χ1v) is 7.25. The summed E-state index contributed by atoms with van der Waals surface area (Å²) in [7, 11) is 1.69. The molecule has 0 aliphatic rings. The molecule has 0 aliphatic carbocycles. The van der Waals surface area contributed by atoms with Gasteiger partial charge >= 0.3 is 0 Å². The lowest BCUT2D eigenvalue weighted by molar-refractivity contribution is 0.415. The van der Waals surface area contributed by atoms with Crippen molar-refractivity contribution in [2.45, 2.75) is 13.5 Å². The van der Waals surface area contributed by atoms with E-state index >= 15 is 0 Å². The maximum atomic E-state index is 5.99. The lowest BCUT2D eigenvalue weighted by Crippen LogP contribution is -1.99. The lowest BCUT2D eigenvalue weighted by Gasteiger charge is -2.07. The van der Waals surface area contributed by atoms with Crippen LogP contribution in [-0.2, 0) is 6.54 Å². The van der Waals surface area contributed by atoms with E-state index in [2.05, 4.69) is 35.8 Å². The molecule has 2 heterocycles. The van der Waals surface area contributed by atoms with Crippen LogP contribution in [0.4, 0.5) is 0 Å². The second-order valence-electron chi connectivity index (χ2n) is 4.50. The molecule has 0 saturated heterocycles. The minimum absolute atomic E-state index is 0.839. The normalized spacial score (nSPS) is 11.1. The fourth-order valence-corrected chi connectivity index (χ4v) is 3.39. The summed E-state index contributed by atoms with van der Waals surface area (Å²) in [6, 6.07) is 12.4. The minimum Gasteiger partial charge on any atom is -0.497 e. The monoisotopic (exact) mass is 291 g/mol. The molecule has 0 saturated carbocycles. The molecule has 0 fully saturated rings. The van der Waals surface area contributed by atoms with E-state index in [0.29, 0.717) is 0 Å². The van der Waals surface area contributed by atoms with Gasteiger partial charge in [-0.15, -0.1) is 11.3 Å². The Morgan fingerprint density at radius 1 is 1.21 bits per heavy atom. The first kappa shape index (κ1) is 12.6. The smallest absolute Gasteiger partial charge is 0.119 e. The molecule has 2 nitrogen and oxygen atoms in total. The van der Waals surface area contributed by atoms with E-state index in [-0.39, 0.29) is 0 Å². The Morgan fingerprint density at radius 3 is 2.74 bits per heavy atom. The Labute approximate surface area is 121 Å². The fraction of sp³-hybridized carbons (Fsp3) is 0.200. The number of aromatic nitrogens is 1. The van der Waals surface area contributed by atoms with E-state index in [1.54, 1.807) is 18.4 Å². The number of benzene rings is 1. The van der Waals surface area contributed by atoms with Crippen LogP contribution < -0.4 is 4.74 Å². The highest BCUT2D eigenvalue weighted by Gasteiger charge is 2.08. The average molecular weight is 292 g/mol. The second kappa shape index (κ2) is 4.91. The molecule has 4 heteroatoms. The van der Waals surface area contributed by atoms with Crippen LogP contribution in [0.5, 0.6) is 5.75 Å². The van der Waals surface area contributed by atoms with Crippen molar-refractivity contribution in [1.82, 2.24) is 4.57 Å². The predicted molar refractivity (Wildman–Crippen MR) is 81.7 cm³/mol. The van der Waals surface area contributed by atoms with Gasteiger partial charge in [-0.25, -0.2) is 0 Å². The van der Waals surface area contributed by atoms with Crippen molar-refractivity contribution in [3.05, 3.63) is 51.3 Å². The summed E-state index contributed by atoms with van der Waals surface area (Å²) >= 11 is 7.62. The predicted octanol–water partition coefficient (Wildman–Crippen LogP) is 4.72. The van der Waals surface area contributed by atoms with Gasteiger partial charge in [0.1, 0.15) is 5.75 Å². The highest BCUT2D eigenvalue weighted by atomic mass is 35.5. The Morgan fingerprint density at radius 2 is 2.05 bits per heavy atom. The third kappa shape index (κ3) is 2.36. The molecule has 98 valence electrons. The van der Waals surface area contributed by atoms with Crippen molar-refractivity contribution < 1.29 is 4.74 Å². The largest absolute Gasteiger partial charge is 0.497 e. The van der Waals surface area contributed by atoms with Gasteiger partial charge in [-0.3, -0.25) is 0 Å². The molecule has 3 rings (SSSR count). The van der Waals surface area contributed by atoms with Gasteiger partial charge in [-0.1, -0.05) is 11.6 Å². The molecule has 0 spiro atoms. The van der Waals surface area contributed by atoms with Crippen LogP contribution in [0.2, 0.25) is 4.34 Å². The third-order valence-electron chi connectivity index (χ3n) is 3.26. The number of hydrogen-bond acceptors (Lipinski definition) is 2. The van der Waals surface area contributed by atoms with E-state index in [9.17, 15) is 0 Å². The quantitative estimate of drug-likeness (QED) is 0.681. The Balaban J connectivity index is 2.05. The van der Waals surface area contributed by atoms with Crippen molar-refractivity contribution in [3.8, 4) is 5.75 Å². The zero-order chi connectivity index (χ0) is 13.4. The van der Waals surface area contributed by atoms with Crippen molar-refractivity contribution in [1.29, 1.82) is 0 Å². The molecule has 0 atom stereocenters. The lowest BCUT2D eigenvalue weighted by atomic mass is 10.2. The minimum atomic E-state index is 0.839. The first-order valence-electron chi connectivity index (χ1n) is 6.05. The van der Waals surface area contributed by atoms with E-state index in [0.717, 1.165) is 16.6 Å². The van der Waals surface area contributed by atoms with Gasteiger partial charge in [-0.05, 0) is 43.3 Å². The van der Waals surface area contributed by atoms with Crippen LogP contribution in [-0.4, -0.2) is 11.7 Å². The zero-order valence-electron chi connectivity index (χ0n) is 10.8. The molecule has 0 radical (unpaired) electrons. The van der Waals surface area contributed by atoms with Gasteiger partial charge in [0.25, 0.3) is 0 Å². The summed E-state index contributed by atoms with van der Waals surface area (Å²) < 4.78 is 8.41. The molecule has 0 N–H and O–H groups in total. The summed E-state index contributed by atoms with van der Waals surface area (Å²) in [5.74, 6) is 0.892. The molecule has 0 bridgehead atoms. The van der Waals surface area contributed by atoms with Crippen molar-refractivity contribution in [2.24, 2.45) is 0 Å². The number of ether oxygens (including phenoxy) is 1. The molecule has 3 aromatic rings. The van der Waals surface area contributed by atoms with E-state index in [4.69, 9.17) is 16.3 Å². The number of rotatable bonds is 3. The summed E-state index contributed by atoms with van der Waals surface area (Å²) in [4.78, 5) is 1.27. The van der Waals surface area contributed by atoms with Crippen LogP contribution in [0.1, 0.15) is 10.6 Å². The molecule has 2 aromatic heterocycles. The van der Waals surface area contributed by atoms with Gasteiger partial charge in [-0.2, -0.15) is 0 Å². The van der Waals surface area contributed by atoms with Gasteiger partial charge in [0.2, 0.25) is 0 Å². The van der Waals surface area contributed by atoms with Crippen molar-refractivity contribution in [3.63, 3.8) is 0 Å². The topological polar surface area (TPSA) is 14.2 Å². The number of hydrogen-bond donors (Lipinski definition) is 0. The first-order chi connectivity index (χ1) is 9.17. The van der Waals surface area contributed by atoms with Crippen molar-refractivity contribution in [2.75, 3.05) is 7.11 Å². The van der Waals surface area contributed by atoms with Gasteiger partial charge < -0.3 is 9.30 Å². The van der Waals surface area contributed by atoms with E-state index < -0.39 is 0 Å². The maximum Gasteiger partial charge on any atom is 0.119 e.